The van der Waals surface area contributed by atoms with Crippen LogP contribution in [0.5, 0.6) is 0 Å². The zero-order valence-electron chi connectivity index (χ0n) is 15.3. The van der Waals surface area contributed by atoms with Gasteiger partial charge in [0.1, 0.15) is 16.9 Å². The molecule has 1 saturated carbocycles. The molecule has 0 unspecified atom stereocenters. The van der Waals surface area contributed by atoms with E-state index in [1.54, 1.807) is 13.8 Å². The summed E-state index contributed by atoms with van der Waals surface area (Å²) in [7, 11) is 0. The predicted octanol–water partition coefficient (Wildman–Crippen LogP) is 0.988. The lowest BCUT2D eigenvalue weighted by molar-refractivity contribution is -0.140. The molecule has 10 nitrogen and oxygen atoms in total. The van der Waals surface area contributed by atoms with Crippen molar-refractivity contribution in [2.45, 2.75) is 57.9 Å². The number of carbonyl (C=O) groups is 4. The van der Waals surface area contributed by atoms with Gasteiger partial charge >= 0.3 is 12.0 Å². The predicted molar refractivity (Wildman–Crippen MR) is 90.2 cm³/mol. The Balaban J connectivity index is 1.58. The number of imide groups is 1. The Morgan fingerprint density at radius 2 is 2.00 bits per heavy atom. The monoisotopic (exact) mass is 378 g/mol. The first-order valence-electron chi connectivity index (χ1n) is 8.96. The minimum atomic E-state index is -0.936. The molecule has 1 aliphatic carbocycles. The number of nitrogens with zero attached hydrogens (tertiary/aromatic N) is 2. The molecule has 0 radical (unpaired) electrons. The van der Waals surface area contributed by atoms with Crippen molar-refractivity contribution in [2.24, 2.45) is 0 Å². The second-order valence-electron chi connectivity index (χ2n) is 6.74. The summed E-state index contributed by atoms with van der Waals surface area (Å²) in [5, 5.41) is 7.10. The summed E-state index contributed by atoms with van der Waals surface area (Å²) in [6, 6.07) is -0.676. The fourth-order valence-corrected chi connectivity index (χ4v) is 3.50. The summed E-state index contributed by atoms with van der Waals surface area (Å²) in [4.78, 5) is 48.9. The Morgan fingerprint density at radius 1 is 1.30 bits per heavy atom. The number of urea groups is 1. The topological polar surface area (TPSA) is 131 Å². The van der Waals surface area contributed by atoms with Crippen LogP contribution in [0.4, 0.5) is 4.79 Å². The van der Waals surface area contributed by atoms with Crippen molar-refractivity contribution < 1.29 is 28.4 Å². The van der Waals surface area contributed by atoms with Crippen LogP contribution in [0, 0.1) is 6.92 Å². The van der Waals surface area contributed by atoms with E-state index in [1.165, 1.54) is 0 Å². The van der Waals surface area contributed by atoms with Crippen LogP contribution in [-0.4, -0.2) is 46.1 Å². The number of hydrazine groups is 1. The lowest BCUT2D eigenvalue weighted by atomic mass is 9.82. The largest absolute Gasteiger partial charge is 0.452 e. The summed E-state index contributed by atoms with van der Waals surface area (Å²) in [6.07, 6.45) is 4.25. The van der Waals surface area contributed by atoms with Gasteiger partial charge < -0.3 is 14.6 Å². The average Bonchev–Trinajstić information content (AvgIpc) is 3.13. The van der Waals surface area contributed by atoms with E-state index in [2.05, 4.69) is 15.9 Å². The molecule has 2 heterocycles. The minimum absolute atomic E-state index is 0.182. The fraction of sp³-hybridized carbons (Fsp3) is 0.588. The van der Waals surface area contributed by atoms with E-state index in [0.717, 1.165) is 19.3 Å². The molecule has 27 heavy (non-hydrogen) atoms. The van der Waals surface area contributed by atoms with Crippen molar-refractivity contribution in [3.8, 4) is 0 Å². The van der Waals surface area contributed by atoms with Gasteiger partial charge in [-0.15, -0.1) is 0 Å². The third kappa shape index (κ3) is 3.51. The first kappa shape index (κ1) is 18.9. The van der Waals surface area contributed by atoms with Gasteiger partial charge in [0.2, 0.25) is 0 Å². The van der Waals surface area contributed by atoms with Crippen LogP contribution in [0.2, 0.25) is 0 Å². The molecule has 0 bridgehead atoms. The van der Waals surface area contributed by atoms with Gasteiger partial charge in [-0.05, 0) is 26.2 Å². The highest BCUT2D eigenvalue weighted by atomic mass is 16.5. The van der Waals surface area contributed by atoms with Crippen molar-refractivity contribution in [3.63, 3.8) is 0 Å². The third-order valence-electron chi connectivity index (χ3n) is 4.91. The Hall–Kier alpha value is -2.91. The highest BCUT2D eigenvalue weighted by Crippen LogP contribution is 2.32. The molecular formula is C17H22N4O6. The molecule has 4 amide bonds. The van der Waals surface area contributed by atoms with Crippen molar-refractivity contribution in [1.82, 2.24) is 20.9 Å². The van der Waals surface area contributed by atoms with E-state index in [9.17, 15) is 19.2 Å². The van der Waals surface area contributed by atoms with E-state index in [0.29, 0.717) is 35.7 Å². The van der Waals surface area contributed by atoms with Gasteiger partial charge in [0, 0.05) is 0 Å². The molecule has 2 fully saturated rings. The molecule has 146 valence electrons. The number of ether oxygens (including phenoxy) is 1. The smallest absolute Gasteiger partial charge is 0.344 e. The maximum atomic E-state index is 12.6. The number of hydrogen-bond donors (Lipinski definition) is 2. The number of rotatable bonds is 5. The summed E-state index contributed by atoms with van der Waals surface area (Å²) >= 11 is 0. The summed E-state index contributed by atoms with van der Waals surface area (Å²) in [6.45, 7) is 2.73. The standard InChI is InChI=1S/C17H22N4O6/c1-3-11-13(10(2)27-20-11)14(23)26-9-12(22)19-21-15(24)17(18-16(21)25)7-5-4-6-8-17/h3-9H2,1-2H3,(H,18,25)(H,19,22). The molecule has 2 aliphatic rings. The number of carbonyl (C=O) groups excluding carboxylic acids is 4. The van der Waals surface area contributed by atoms with Gasteiger partial charge in [-0.25, -0.2) is 9.59 Å². The second kappa shape index (κ2) is 7.37. The molecular weight excluding hydrogens is 356 g/mol. The molecule has 1 aliphatic heterocycles. The Bertz CT molecular complexity index is 780. The average molecular weight is 378 g/mol. The second-order valence-corrected chi connectivity index (χ2v) is 6.74. The minimum Gasteiger partial charge on any atom is -0.452 e. The maximum absolute atomic E-state index is 12.6. The Morgan fingerprint density at radius 3 is 2.67 bits per heavy atom. The first-order valence-corrected chi connectivity index (χ1v) is 8.96. The quantitative estimate of drug-likeness (QED) is 0.577. The summed E-state index contributed by atoms with van der Waals surface area (Å²) in [5.74, 6) is -1.71. The van der Waals surface area contributed by atoms with Crippen molar-refractivity contribution in [2.75, 3.05) is 6.61 Å². The molecule has 1 spiro atoms. The zero-order valence-corrected chi connectivity index (χ0v) is 15.3. The molecule has 3 rings (SSSR count). The molecule has 10 heteroatoms. The summed E-state index contributed by atoms with van der Waals surface area (Å²) < 4.78 is 9.93. The van der Waals surface area contributed by atoms with Crippen LogP contribution in [-0.2, 0) is 20.7 Å². The Labute approximate surface area is 155 Å². The lowest BCUT2D eigenvalue weighted by Gasteiger charge is -2.30. The van der Waals surface area contributed by atoms with Crippen LogP contribution >= 0.6 is 0 Å². The number of nitrogens with one attached hydrogen (secondary N) is 2. The van der Waals surface area contributed by atoms with E-state index < -0.39 is 36.0 Å². The number of esters is 1. The molecule has 1 aromatic heterocycles. The van der Waals surface area contributed by atoms with Crippen molar-refractivity contribution in [3.05, 3.63) is 17.0 Å². The highest BCUT2D eigenvalue weighted by molar-refractivity contribution is 6.08. The highest BCUT2D eigenvalue weighted by Gasteiger charge is 2.52. The third-order valence-corrected chi connectivity index (χ3v) is 4.91. The number of hydrogen-bond acceptors (Lipinski definition) is 7. The van der Waals surface area contributed by atoms with Crippen LogP contribution in [0.15, 0.2) is 4.52 Å². The van der Waals surface area contributed by atoms with E-state index in [1.807, 2.05) is 0 Å². The lowest BCUT2D eigenvalue weighted by Crippen LogP contribution is -2.51. The number of aromatic nitrogens is 1. The SMILES string of the molecule is CCc1noc(C)c1C(=O)OCC(=O)NN1C(=O)NC2(CCCCC2)C1=O. The number of aryl methyl sites for hydroxylation is 2. The molecule has 2 N–H and O–H groups in total. The van der Waals surface area contributed by atoms with Crippen LogP contribution in [0.1, 0.15) is 60.8 Å². The van der Waals surface area contributed by atoms with Gasteiger partial charge in [-0.3, -0.25) is 15.0 Å². The Kier molecular flexibility index (Phi) is 5.15. The van der Waals surface area contributed by atoms with Gasteiger partial charge in [0.05, 0.1) is 5.69 Å². The van der Waals surface area contributed by atoms with Crippen LogP contribution in [0.25, 0.3) is 0 Å². The van der Waals surface area contributed by atoms with E-state index in [4.69, 9.17) is 9.26 Å². The van der Waals surface area contributed by atoms with Crippen LogP contribution in [0.3, 0.4) is 0 Å². The van der Waals surface area contributed by atoms with Crippen LogP contribution < -0.4 is 10.7 Å². The van der Waals surface area contributed by atoms with Crippen molar-refractivity contribution >= 4 is 23.8 Å². The van der Waals surface area contributed by atoms with Gasteiger partial charge in [0.15, 0.2) is 6.61 Å². The maximum Gasteiger partial charge on any atom is 0.344 e. The first-order chi connectivity index (χ1) is 12.9. The molecule has 0 aromatic carbocycles. The van der Waals surface area contributed by atoms with Gasteiger partial charge in [0.25, 0.3) is 11.8 Å². The van der Waals surface area contributed by atoms with Gasteiger partial charge in [-0.1, -0.05) is 31.3 Å². The number of amides is 4. The van der Waals surface area contributed by atoms with Crippen molar-refractivity contribution in [1.29, 1.82) is 0 Å². The van der Waals surface area contributed by atoms with E-state index >= 15 is 0 Å². The fourth-order valence-electron chi connectivity index (χ4n) is 3.50. The summed E-state index contributed by atoms with van der Waals surface area (Å²) in [5.41, 5.74) is 1.89. The van der Waals surface area contributed by atoms with Gasteiger partial charge in [-0.2, -0.15) is 5.01 Å². The molecule has 0 atom stereocenters. The molecule has 1 aromatic rings. The normalized spacial score (nSPS) is 18.5. The van der Waals surface area contributed by atoms with E-state index in [-0.39, 0.29) is 5.56 Å². The molecule has 1 saturated heterocycles. The zero-order chi connectivity index (χ0) is 19.6.